The van der Waals surface area contributed by atoms with Gasteiger partial charge in [-0.05, 0) is 49.4 Å². The summed E-state index contributed by atoms with van der Waals surface area (Å²) in [6.07, 6.45) is 6.11. The fourth-order valence-corrected chi connectivity index (χ4v) is 4.55. The normalized spacial score (nSPS) is 16.1. The number of benzene rings is 1. The van der Waals surface area contributed by atoms with Crippen LogP contribution in [0.4, 0.5) is 0 Å². The van der Waals surface area contributed by atoms with Crippen molar-refractivity contribution in [3.8, 4) is 10.6 Å². The first-order valence-electron chi connectivity index (χ1n) is 8.92. The Bertz CT molecular complexity index is 920. The van der Waals surface area contributed by atoms with Crippen LogP contribution in [-0.2, 0) is 24.2 Å². The second-order valence-electron chi connectivity index (χ2n) is 6.71. The maximum absolute atomic E-state index is 12.6. The summed E-state index contributed by atoms with van der Waals surface area (Å²) in [7, 11) is 0. The quantitative estimate of drug-likeness (QED) is 0.764. The van der Waals surface area contributed by atoms with Gasteiger partial charge in [0.25, 0.3) is 0 Å². The Morgan fingerprint density at radius 2 is 2.04 bits per heavy atom. The van der Waals surface area contributed by atoms with E-state index in [1.807, 2.05) is 24.3 Å². The minimum atomic E-state index is 0.0391. The molecule has 1 atom stereocenters. The summed E-state index contributed by atoms with van der Waals surface area (Å²) in [6.45, 7) is 2.67. The number of carbonyl (C=O) groups excluding carboxylic acids is 1. The van der Waals surface area contributed by atoms with Gasteiger partial charge >= 0.3 is 0 Å². The zero-order chi connectivity index (χ0) is 17.9. The molecule has 4 rings (SSSR count). The molecule has 1 unspecified atom stereocenters. The predicted molar refractivity (Wildman–Crippen MR) is 104 cm³/mol. The van der Waals surface area contributed by atoms with E-state index in [1.54, 1.807) is 23.7 Å². The van der Waals surface area contributed by atoms with Gasteiger partial charge in [-0.25, -0.2) is 4.98 Å². The van der Waals surface area contributed by atoms with Gasteiger partial charge in [0.1, 0.15) is 5.01 Å². The molecule has 0 fully saturated rings. The molecule has 2 heterocycles. The number of thiazole rings is 1. The van der Waals surface area contributed by atoms with Gasteiger partial charge in [-0.15, -0.1) is 11.3 Å². The van der Waals surface area contributed by atoms with Crippen LogP contribution in [0.15, 0.2) is 48.8 Å². The van der Waals surface area contributed by atoms with E-state index < -0.39 is 0 Å². The van der Waals surface area contributed by atoms with E-state index in [2.05, 4.69) is 29.4 Å². The van der Waals surface area contributed by atoms with Crippen LogP contribution in [0.25, 0.3) is 10.6 Å². The summed E-state index contributed by atoms with van der Waals surface area (Å²) in [6, 6.07) is 12.1. The van der Waals surface area contributed by atoms with E-state index in [-0.39, 0.29) is 11.8 Å². The number of rotatable bonds is 4. The zero-order valence-corrected chi connectivity index (χ0v) is 15.6. The molecule has 2 aromatic heterocycles. The lowest BCUT2D eigenvalue weighted by Crippen LogP contribution is -2.33. The molecule has 0 bridgehead atoms. The van der Waals surface area contributed by atoms with E-state index in [4.69, 9.17) is 4.98 Å². The third kappa shape index (κ3) is 3.53. The van der Waals surface area contributed by atoms with Gasteiger partial charge in [0.05, 0.1) is 5.69 Å². The van der Waals surface area contributed by atoms with Gasteiger partial charge < -0.3 is 5.32 Å². The average Bonchev–Trinajstić information content (AvgIpc) is 3.11. The number of nitrogens with one attached hydrogen (secondary N) is 1. The third-order valence-corrected chi connectivity index (χ3v) is 6.12. The molecule has 1 aliphatic rings. The standard InChI is InChI=1S/C21H21N3OS/c1-14-4-2-3-5-17(14)13-23-20(25)16-6-7-18-19(12-16)26-21(24-18)15-8-10-22-11-9-15/h2-5,8-11,16H,6-7,12-13H2,1H3,(H,23,25). The minimum Gasteiger partial charge on any atom is -0.352 e. The Labute approximate surface area is 157 Å². The van der Waals surface area contributed by atoms with Gasteiger partial charge in [-0.1, -0.05) is 24.3 Å². The first kappa shape index (κ1) is 16.9. The first-order valence-corrected chi connectivity index (χ1v) is 9.73. The summed E-state index contributed by atoms with van der Waals surface area (Å²) >= 11 is 1.71. The van der Waals surface area contributed by atoms with Gasteiger partial charge in [-0.3, -0.25) is 9.78 Å². The van der Waals surface area contributed by atoms with Crippen molar-refractivity contribution in [3.05, 3.63) is 70.5 Å². The van der Waals surface area contributed by atoms with E-state index in [0.29, 0.717) is 6.54 Å². The topological polar surface area (TPSA) is 54.9 Å². The lowest BCUT2D eigenvalue weighted by molar-refractivity contribution is -0.125. The predicted octanol–water partition coefficient (Wildman–Crippen LogP) is 3.93. The highest BCUT2D eigenvalue weighted by Crippen LogP contribution is 2.34. The Morgan fingerprint density at radius 1 is 1.23 bits per heavy atom. The Kier molecular flexibility index (Phi) is 4.80. The third-order valence-electron chi connectivity index (χ3n) is 4.95. The molecule has 1 amide bonds. The van der Waals surface area contributed by atoms with Gasteiger partial charge in [0, 0.05) is 35.3 Å². The number of aromatic nitrogens is 2. The molecule has 0 radical (unpaired) electrons. The average molecular weight is 363 g/mol. The highest BCUT2D eigenvalue weighted by molar-refractivity contribution is 7.15. The summed E-state index contributed by atoms with van der Waals surface area (Å²) in [4.78, 5) is 22.7. The monoisotopic (exact) mass is 363 g/mol. The molecule has 0 aliphatic heterocycles. The molecule has 4 nitrogen and oxygen atoms in total. The largest absolute Gasteiger partial charge is 0.352 e. The molecule has 1 aliphatic carbocycles. The molecule has 1 N–H and O–H groups in total. The molecule has 1 aromatic carbocycles. The van der Waals surface area contributed by atoms with Crippen molar-refractivity contribution in [1.29, 1.82) is 0 Å². The van der Waals surface area contributed by atoms with Crippen molar-refractivity contribution >= 4 is 17.2 Å². The van der Waals surface area contributed by atoms with Crippen LogP contribution in [0, 0.1) is 12.8 Å². The van der Waals surface area contributed by atoms with Crippen LogP contribution < -0.4 is 5.32 Å². The van der Waals surface area contributed by atoms with Crippen LogP contribution in [0.2, 0.25) is 0 Å². The van der Waals surface area contributed by atoms with Crippen LogP contribution in [0.1, 0.15) is 28.1 Å². The smallest absolute Gasteiger partial charge is 0.223 e. The first-order chi connectivity index (χ1) is 12.7. The highest BCUT2D eigenvalue weighted by Gasteiger charge is 2.27. The van der Waals surface area contributed by atoms with Crippen molar-refractivity contribution in [2.24, 2.45) is 5.92 Å². The molecule has 5 heteroatoms. The molecule has 0 saturated heterocycles. The second kappa shape index (κ2) is 7.38. The maximum Gasteiger partial charge on any atom is 0.223 e. The van der Waals surface area contributed by atoms with Crippen molar-refractivity contribution in [3.63, 3.8) is 0 Å². The van der Waals surface area contributed by atoms with E-state index >= 15 is 0 Å². The van der Waals surface area contributed by atoms with Crippen LogP contribution in [0.5, 0.6) is 0 Å². The molecular weight excluding hydrogens is 342 g/mol. The minimum absolute atomic E-state index is 0.0391. The maximum atomic E-state index is 12.6. The van der Waals surface area contributed by atoms with Crippen LogP contribution in [0.3, 0.4) is 0 Å². The number of nitrogens with zero attached hydrogens (tertiary/aromatic N) is 2. The van der Waals surface area contributed by atoms with Crippen molar-refractivity contribution in [2.45, 2.75) is 32.7 Å². The molecule has 132 valence electrons. The summed E-state index contributed by atoms with van der Waals surface area (Å²) in [5.74, 6) is 0.190. The molecule has 26 heavy (non-hydrogen) atoms. The van der Waals surface area contributed by atoms with Crippen LogP contribution >= 0.6 is 11.3 Å². The Hall–Kier alpha value is -2.53. The highest BCUT2D eigenvalue weighted by atomic mass is 32.1. The molecule has 0 spiro atoms. The van der Waals surface area contributed by atoms with E-state index in [0.717, 1.165) is 35.5 Å². The van der Waals surface area contributed by atoms with Crippen molar-refractivity contribution in [1.82, 2.24) is 15.3 Å². The molecule has 3 aromatic rings. The summed E-state index contributed by atoms with van der Waals surface area (Å²) < 4.78 is 0. The van der Waals surface area contributed by atoms with Crippen LogP contribution in [-0.4, -0.2) is 15.9 Å². The molecular formula is C21H21N3OS. The summed E-state index contributed by atoms with van der Waals surface area (Å²) in [5, 5.41) is 4.14. The van der Waals surface area contributed by atoms with Gasteiger partial charge in [0.15, 0.2) is 0 Å². The Balaban J connectivity index is 1.42. The lowest BCUT2D eigenvalue weighted by Gasteiger charge is -2.20. The fourth-order valence-electron chi connectivity index (χ4n) is 3.35. The van der Waals surface area contributed by atoms with Gasteiger partial charge in [0.2, 0.25) is 5.91 Å². The van der Waals surface area contributed by atoms with Crippen molar-refractivity contribution < 1.29 is 4.79 Å². The lowest BCUT2D eigenvalue weighted by atomic mass is 9.90. The number of fused-ring (bicyclic) bond motifs is 1. The van der Waals surface area contributed by atoms with E-state index in [9.17, 15) is 4.79 Å². The number of aryl methyl sites for hydroxylation is 2. The number of amides is 1. The second-order valence-corrected chi connectivity index (χ2v) is 7.79. The number of hydrogen-bond acceptors (Lipinski definition) is 4. The number of carbonyl (C=O) groups is 1. The Morgan fingerprint density at radius 3 is 2.85 bits per heavy atom. The number of hydrogen-bond donors (Lipinski definition) is 1. The molecule has 0 saturated carbocycles. The zero-order valence-electron chi connectivity index (χ0n) is 14.7. The SMILES string of the molecule is Cc1ccccc1CNC(=O)C1CCc2nc(-c3ccncc3)sc2C1. The fraction of sp³-hybridized carbons (Fsp3) is 0.286. The number of pyridine rings is 1. The van der Waals surface area contributed by atoms with Crippen molar-refractivity contribution in [2.75, 3.05) is 0 Å². The van der Waals surface area contributed by atoms with E-state index in [1.165, 1.54) is 16.0 Å². The summed E-state index contributed by atoms with van der Waals surface area (Å²) in [5.41, 5.74) is 4.64. The van der Waals surface area contributed by atoms with Gasteiger partial charge in [-0.2, -0.15) is 0 Å².